The van der Waals surface area contributed by atoms with Crippen LogP contribution in [-0.4, -0.2) is 38.4 Å². The van der Waals surface area contributed by atoms with Crippen LogP contribution in [0.4, 0.5) is 10.5 Å². The predicted molar refractivity (Wildman–Crippen MR) is 114 cm³/mol. The van der Waals surface area contributed by atoms with Gasteiger partial charge in [0, 0.05) is 16.8 Å². The summed E-state index contributed by atoms with van der Waals surface area (Å²) in [5.41, 5.74) is 1.05. The fourth-order valence-corrected chi connectivity index (χ4v) is 4.46. The number of benzene rings is 2. The van der Waals surface area contributed by atoms with Crippen molar-refractivity contribution >= 4 is 58.0 Å². The molecule has 0 spiro atoms. The first-order valence-corrected chi connectivity index (χ1v) is 10.6. The van der Waals surface area contributed by atoms with Crippen LogP contribution in [0.5, 0.6) is 0 Å². The number of carbonyl (C=O) groups excluding carboxylic acids is 2. The lowest BCUT2D eigenvalue weighted by molar-refractivity contribution is -0.387. The number of hydrogen-bond donors (Lipinski definition) is 1. The topological polar surface area (TPSA) is 101 Å². The van der Waals surface area contributed by atoms with Gasteiger partial charge in [-0.25, -0.2) is 0 Å². The summed E-state index contributed by atoms with van der Waals surface area (Å²) in [6, 6.07) is 11.4. The Balaban J connectivity index is 1.83. The Labute approximate surface area is 179 Å². The van der Waals surface area contributed by atoms with E-state index < -0.39 is 16.1 Å². The monoisotopic (exact) mass is 450 g/mol. The van der Waals surface area contributed by atoms with Crippen molar-refractivity contribution in [3.63, 3.8) is 0 Å². The van der Waals surface area contributed by atoms with Crippen LogP contribution in [-0.2, 0) is 11.3 Å². The molecular formula is C19H15ClN2O5S2. The molecule has 2 aromatic rings. The number of thioether (sulfide) groups is 2. The van der Waals surface area contributed by atoms with Gasteiger partial charge >= 0.3 is 0 Å². The first-order valence-electron chi connectivity index (χ1n) is 8.41. The average Bonchev–Trinajstić information content (AvgIpc) is 2.94. The van der Waals surface area contributed by atoms with E-state index in [-0.39, 0.29) is 23.7 Å². The molecule has 1 aliphatic heterocycles. The number of nitrogens with zero attached hydrogens (tertiary/aromatic N) is 2. The van der Waals surface area contributed by atoms with Crippen LogP contribution in [0.25, 0.3) is 6.08 Å². The minimum Gasteiger partial charge on any atom is -0.396 e. The molecule has 2 amide bonds. The van der Waals surface area contributed by atoms with E-state index in [2.05, 4.69) is 0 Å². The van der Waals surface area contributed by atoms with E-state index in [0.717, 1.165) is 22.2 Å². The molecule has 1 saturated heterocycles. The average molecular weight is 451 g/mol. The van der Waals surface area contributed by atoms with Crippen molar-refractivity contribution < 1.29 is 19.6 Å². The highest BCUT2D eigenvalue weighted by Gasteiger charge is 2.35. The zero-order chi connectivity index (χ0) is 21.0. The highest BCUT2D eigenvalue weighted by atomic mass is 35.5. The molecule has 1 fully saturated rings. The van der Waals surface area contributed by atoms with Crippen molar-refractivity contribution in [3.8, 4) is 0 Å². The van der Waals surface area contributed by atoms with Crippen LogP contribution in [0.15, 0.2) is 52.3 Å². The molecule has 0 saturated carbocycles. The lowest BCUT2D eigenvalue weighted by Gasteiger charge is -2.12. The Bertz CT molecular complexity index is 1010. The summed E-state index contributed by atoms with van der Waals surface area (Å²) in [6.45, 7) is 0.00277. The third kappa shape index (κ3) is 5.18. The molecule has 7 nitrogen and oxygen atoms in total. The summed E-state index contributed by atoms with van der Waals surface area (Å²) in [5.74, 6) is -0.121. The smallest absolute Gasteiger partial charge is 0.293 e. The normalized spacial score (nSPS) is 15.4. The molecule has 0 aromatic heterocycles. The quantitative estimate of drug-likeness (QED) is 0.285. The van der Waals surface area contributed by atoms with Gasteiger partial charge in [-0.05, 0) is 47.2 Å². The molecule has 0 aliphatic carbocycles. The van der Waals surface area contributed by atoms with Crippen molar-refractivity contribution in [1.82, 2.24) is 4.90 Å². The molecule has 0 atom stereocenters. The fraction of sp³-hybridized carbons (Fsp3) is 0.158. The van der Waals surface area contributed by atoms with E-state index >= 15 is 0 Å². The van der Waals surface area contributed by atoms with Crippen molar-refractivity contribution in [1.29, 1.82) is 0 Å². The maximum atomic E-state index is 12.7. The van der Waals surface area contributed by atoms with Gasteiger partial charge in [-0.2, -0.15) is 0 Å². The van der Waals surface area contributed by atoms with Crippen LogP contribution < -0.4 is 0 Å². The Morgan fingerprint density at radius 2 is 2.03 bits per heavy atom. The van der Waals surface area contributed by atoms with Crippen LogP contribution in [0.3, 0.4) is 0 Å². The number of amides is 2. The summed E-state index contributed by atoms with van der Waals surface area (Å²) in [6.07, 6.45) is 1.47. The molecule has 1 N–H and O–H groups in total. The van der Waals surface area contributed by atoms with Crippen LogP contribution in [0, 0.1) is 10.1 Å². The number of aliphatic hydroxyl groups is 1. The van der Waals surface area contributed by atoms with Crippen LogP contribution in [0.1, 0.15) is 11.1 Å². The summed E-state index contributed by atoms with van der Waals surface area (Å²) in [5, 5.41) is 20.4. The first-order chi connectivity index (χ1) is 13.9. The number of halogens is 1. The molecule has 0 bridgehead atoms. The maximum absolute atomic E-state index is 12.7. The largest absolute Gasteiger partial charge is 0.396 e. The highest BCUT2D eigenvalue weighted by molar-refractivity contribution is 8.18. The fourth-order valence-electron chi connectivity index (χ4n) is 2.65. The number of aliphatic hydroxyl groups excluding tert-OH is 1. The molecular weight excluding hydrogens is 436 g/mol. The van der Waals surface area contributed by atoms with Gasteiger partial charge in [0.2, 0.25) is 0 Å². The lowest BCUT2D eigenvalue weighted by Crippen LogP contribution is -2.27. The molecule has 2 aromatic carbocycles. The Morgan fingerprint density at radius 1 is 1.24 bits per heavy atom. The zero-order valence-corrected chi connectivity index (χ0v) is 17.3. The third-order valence-corrected chi connectivity index (χ3v) is 6.12. The minimum atomic E-state index is -0.512. The van der Waals surface area contributed by atoms with Gasteiger partial charge in [-0.1, -0.05) is 29.8 Å². The van der Waals surface area contributed by atoms with Gasteiger partial charge in [0.25, 0.3) is 16.8 Å². The van der Waals surface area contributed by atoms with Gasteiger partial charge in [-0.3, -0.25) is 24.6 Å². The van der Waals surface area contributed by atoms with E-state index in [9.17, 15) is 19.7 Å². The second-order valence-electron chi connectivity index (χ2n) is 5.95. The molecule has 1 heterocycles. The summed E-state index contributed by atoms with van der Waals surface area (Å²) >= 11 is 7.91. The number of nitro benzene ring substituents is 1. The standard InChI is InChI=1S/C19H15ClN2O5S2/c20-14-3-1-2-13(8-14)11-21-18(24)17(29-19(21)25)10-12-4-5-16(28-7-6-23)15(9-12)22(26)27/h1-5,8-10,23H,6-7,11H2/b17-10-. The van der Waals surface area contributed by atoms with Crippen molar-refractivity contribution in [2.45, 2.75) is 11.4 Å². The molecule has 150 valence electrons. The Kier molecular flexibility index (Phi) is 6.96. The summed E-state index contributed by atoms with van der Waals surface area (Å²) in [4.78, 5) is 37.5. The van der Waals surface area contributed by atoms with E-state index in [0.29, 0.717) is 21.2 Å². The van der Waals surface area contributed by atoms with Gasteiger partial charge in [0.05, 0.1) is 27.9 Å². The van der Waals surface area contributed by atoms with Crippen molar-refractivity contribution in [2.24, 2.45) is 0 Å². The van der Waals surface area contributed by atoms with Crippen LogP contribution in [0.2, 0.25) is 5.02 Å². The van der Waals surface area contributed by atoms with Gasteiger partial charge in [0.15, 0.2) is 0 Å². The molecule has 29 heavy (non-hydrogen) atoms. The summed E-state index contributed by atoms with van der Waals surface area (Å²) in [7, 11) is 0. The molecule has 10 heteroatoms. The predicted octanol–water partition coefficient (Wildman–Crippen LogP) is 4.57. The number of hydrogen-bond acceptors (Lipinski definition) is 7. The SMILES string of the molecule is O=C1S/C(=C\c2ccc(SCCO)c([N+](=O)[O-])c2)C(=O)N1Cc1cccc(Cl)c1. The summed E-state index contributed by atoms with van der Waals surface area (Å²) < 4.78 is 0. The number of imide groups is 1. The Morgan fingerprint density at radius 3 is 2.72 bits per heavy atom. The van der Waals surface area contributed by atoms with Gasteiger partial charge in [-0.15, -0.1) is 11.8 Å². The van der Waals surface area contributed by atoms with E-state index in [1.54, 1.807) is 36.4 Å². The first kappa shape index (κ1) is 21.4. The minimum absolute atomic E-state index is 0.0939. The second-order valence-corrected chi connectivity index (χ2v) is 8.52. The zero-order valence-electron chi connectivity index (χ0n) is 14.9. The second kappa shape index (κ2) is 9.45. The lowest BCUT2D eigenvalue weighted by atomic mass is 10.1. The van der Waals surface area contributed by atoms with E-state index in [1.165, 1.54) is 23.9 Å². The maximum Gasteiger partial charge on any atom is 0.293 e. The van der Waals surface area contributed by atoms with Gasteiger partial charge < -0.3 is 5.11 Å². The Hall–Kier alpha value is -2.33. The van der Waals surface area contributed by atoms with E-state index in [1.807, 2.05) is 0 Å². The van der Waals surface area contributed by atoms with Gasteiger partial charge in [0.1, 0.15) is 0 Å². The van der Waals surface area contributed by atoms with E-state index in [4.69, 9.17) is 16.7 Å². The number of nitro groups is 1. The molecule has 0 unspecified atom stereocenters. The highest BCUT2D eigenvalue weighted by Crippen LogP contribution is 2.35. The van der Waals surface area contributed by atoms with Crippen LogP contribution >= 0.6 is 35.1 Å². The molecule has 1 aliphatic rings. The molecule has 0 radical (unpaired) electrons. The number of carbonyl (C=O) groups is 2. The number of rotatable bonds is 7. The third-order valence-electron chi connectivity index (χ3n) is 3.93. The van der Waals surface area contributed by atoms with Crippen molar-refractivity contribution in [3.05, 3.63) is 73.6 Å². The molecule has 3 rings (SSSR count). The van der Waals surface area contributed by atoms with Crippen molar-refractivity contribution in [2.75, 3.05) is 12.4 Å².